The summed E-state index contributed by atoms with van der Waals surface area (Å²) in [5.41, 5.74) is 1.04. The Balaban J connectivity index is 1.30. The maximum atomic E-state index is 12.2. The van der Waals surface area contributed by atoms with Gasteiger partial charge in [-0.1, -0.05) is 69.7 Å². The summed E-state index contributed by atoms with van der Waals surface area (Å²) in [6.07, 6.45) is 18.7. The van der Waals surface area contributed by atoms with Gasteiger partial charge in [0.25, 0.3) is 0 Å². The molecule has 0 amide bonds. The number of hydrogen-bond donors (Lipinski definition) is 0. The van der Waals surface area contributed by atoms with Crippen molar-refractivity contribution in [3.05, 3.63) is 42.0 Å². The number of unbranched alkanes of at least 4 members (excludes halogenated alkanes) is 2. The fourth-order valence-corrected chi connectivity index (χ4v) is 5.84. The number of alkyl halides is 3. The Morgan fingerprint density at radius 3 is 2.09 bits per heavy atom. The average molecular weight is 451 g/mol. The summed E-state index contributed by atoms with van der Waals surface area (Å²) in [4.78, 5) is 0. The zero-order valence-corrected chi connectivity index (χ0v) is 19.7. The molecule has 2 aliphatic carbocycles. The molecule has 0 aromatic heterocycles. The van der Waals surface area contributed by atoms with Crippen LogP contribution in [0.5, 0.6) is 5.75 Å². The standard InChI is InChI=1S/C28H41F3O/c1-2-3-4-7-22-10-16-25(17-11-22)26-18-12-23(13-19-26)8-5-6-9-24-14-20-27(21-15-24)32-28(29,30)31/h5,8,14-15,20-23,25-26H,2-4,6-7,9-13,16-19H2,1H3/b8-5+/t22-,23?,25-,26?. The van der Waals surface area contributed by atoms with Crippen molar-refractivity contribution < 1.29 is 17.9 Å². The van der Waals surface area contributed by atoms with Crippen molar-refractivity contribution in [2.75, 3.05) is 0 Å². The van der Waals surface area contributed by atoms with Gasteiger partial charge in [-0.3, -0.25) is 0 Å². The van der Waals surface area contributed by atoms with Gasteiger partial charge in [0.05, 0.1) is 0 Å². The topological polar surface area (TPSA) is 9.23 Å². The van der Waals surface area contributed by atoms with Gasteiger partial charge in [-0.25, -0.2) is 0 Å². The first-order chi connectivity index (χ1) is 15.4. The highest BCUT2D eigenvalue weighted by Gasteiger charge is 2.31. The van der Waals surface area contributed by atoms with E-state index in [-0.39, 0.29) is 5.75 Å². The van der Waals surface area contributed by atoms with Crippen LogP contribution >= 0.6 is 0 Å². The summed E-state index contributed by atoms with van der Waals surface area (Å²) in [5, 5.41) is 0. The second kappa shape index (κ2) is 12.7. The van der Waals surface area contributed by atoms with E-state index in [1.165, 1.54) is 89.2 Å². The van der Waals surface area contributed by atoms with E-state index in [9.17, 15) is 13.2 Å². The highest BCUT2D eigenvalue weighted by Crippen LogP contribution is 2.42. The Labute approximate surface area is 192 Å². The summed E-state index contributed by atoms with van der Waals surface area (Å²) in [5.74, 6) is 3.49. The molecule has 1 nitrogen and oxygen atoms in total. The van der Waals surface area contributed by atoms with E-state index in [0.717, 1.165) is 36.2 Å². The second-order valence-electron chi connectivity index (χ2n) is 10.1. The van der Waals surface area contributed by atoms with Crippen molar-refractivity contribution in [3.63, 3.8) is 0 Å². The lowest BCUT2D eigenvalue weighted by atomic mass is 9.68. The highest BCUT2D eigenvalue weighted by molar-refractivity contribution is 5.27. The van der Waals surface area contributed by atoms with Gasteiger partial charge < -0.3 is 4.74 Å². The molecule has 2 aliphatic rings. The molecule has 0 N–H and O–H groups in total. The van der Waals surface area contributed by atoms with Crippen molar-refractivity contribution >= 4 is 0 Å². The third-order valence-corrected chi connectivity index (χ3v) is 7.76. The van der Waals surface area contributed by atoms with Crippen LogP contribution in [0.2, 0.25) is 0 Å². The molecule has 0 heterocycles. The van der Waals surface area contributed by atoms with Crippen LogP contribution in [0, 0.1) is 23.7 Å². The van der Waals surface area contributed by atoms with Crippen LogP contribution in [0.15, 0.2) is 36.4 Å². The quantitative estimate of drug-likeness (QED) is 0.255. The fraction of sp³-hybridized carbons (Fsp3) is 0.714. The number of halogens is 3. The Morgan fingerprint density at radius 1 is 0.875 bits per heavy atom. The molecule has 1 aromatic carbocycles. The normalized spacial score (nSPS) is 27.0. The first kappa shape index (κ1) is 25.2. The molecular formula is C28H41F3O. The third kappa shape index (κ3) is 8.83. The van der Waals surface area contributed by atoms with Gasteiger partial charge in [0.15, 0.2) is 0 Å². The monoisotopic (exact) mass is 450 g/mol. The van der Waals surface area contributed by atoms with Gasteiger partial charge in [-0.2, -0.15) is 0 Å². The number of rotatable bonds is 10. The van der Waals surface area contributed by atoms with E-state index in [4.69, 9.17) is 0 Å². The van der Waals surface area contributed by atoms with Crippen molar-refractivity contribution in [2.45, 2.75) is 103 Å². The minimum absolute atomic E-state index is 0.154. The Kier molecular flexibility index (Phi) is 9.99. The fourth-order valence-electron chi connectivity index (χ4n) is 5.84. The van der Waals surface area contributed by atoms with Crippen molar-refractivity contribution in [1.82, 2.24) is 0 Å². The zero-order chi connectivity index (χ0) is 22.8. The van der Waals surface area contributed by atoms with Gasteiger partial charge in [0.2, 0.25) is 0 Å². The SMILES string of the molecule is CCCCC[C@H]1CC[C@H](C2CCC(/C=C/CCc3ccc(OC(F)(F)F)cc3)CC2)CC1. The Hall–Kier alpha value is -1.45. The van der Waals surface area contributed by atoms with Crippen LogP contribution in [0.25, 0.3) is 0 Å². The summed E-state index contributed by atoms with van der Waals surface area (Å²) in [6.45, 7) is 2.29. The van der Waals surface area contributed by atoms with Crippen LogP contribution in [0.3, 0.4) is 0 Å². The Morgan fingerprint density at radius 2 is 1.50 bits per heavy atom. The van der Waals surface area contributed by atoms with E-state index in [1.54, 1.807) is 12.1 Å². The number of aryl methyl sites for hydroxylation is 1. The third-order valence-electron chi connectivity index (χ3n) is 7.76. The molecule has 0 atom stereocenters. The number of hydrogen-bond acceptors (Lipinski definition) is 1. The van der Waals surface area contributed by atoms with Gasteiger partial charge in [0.1, 0.15) is 5.75 Å². The van der Waals surface area contributed by atoms with Crippen molar-refractivity contribution in [1.29, 1.82) is 0 Å². The van der Waals surface area contributed by atoms with E-state index < -0.39 is 6.36 Å². The molecule has 0 saturated heterocycles. The zero-order valence-electron chi connectivity index (χ0n) is 19.7. The second-order valence-corrected chi connectivity index (χ2v) is 10.1. The van der Waals surface area contributed by atoms with E-state index in [2.05, 4.69) is 23.8 Å². The largest absolute Gasteiger partial charge is 0.573 e. The number of ether oxygens (including phenoxy) is 1. The molecule has 3 rings (SSSR count). The van der Waals surface area contributed by atoms with Gasteiger partial charge in [-0.05, 0) is 92.7 Å². The molecule has 0 spiro atoms. The average Bonchev–Trinajstić information content (AvgIpc) is 2.78. The van der Waals surface area contributed by atoms with Crippen LogP contribution in [0.1, 0.15) is 96.0 Å². The van der Waals surface area contributed by atoms with E-state index in [1.807, 2.05) is 0 Å². The molecule has 0 unspecified atom stereocenters. The lowest BCUT2D eigenvalue weighted by Crippen LogP contribution is -2.25. The van der Waals surface area contributed by atoms with Gasteiger partial charge in [-0.15, -0.1) is 13.2 Å². The molecule has 2 fully saturated rings. The molecule has 180 valence electrons. The summed E-state index contributed by atoms with van der Waals surface area (Å²) in [7, 11) is 0. The summed E-state index contributed by atoms with van der Waals surface area (Å²) >= 11 is 0. The molecule has 0 aliphatic heterocycles. The lowest BCUT2D eigenvalue weighted by Gasteiger charge is -2.37. The van der Waals surface area contributed by atoms with Crippen LogP contribution in [0.4, 0.5) is 13.2 Å². The minimum atomic E-state index is -4.63. The van der Waals surface area contributed by atoms with E-state index in [0.29, 0.717) is 5.92 Å². The van der Waals surface area contributed by atoms with Crippen LogP contribution < -0.4 is 4.74 Å². The first-order valence-electron chi connectivity index (χ1n) is 12.9. The summed E-state index contributed by atoms with van der Waals surface area (Å²) in [6, 6.07) is 6.23. The molecule has 4 heteroatoms. The van der Waals surface area contributed by atoms with Crippen LogP contribution in [-0.2, 0) is 6.42 Å². The molecular weight excluding hydrogens is 409 g/mol. The number of allylic oxidation sites excluding steroid dienone is 2. The van der Waals surface area contributed by atoms with E-state index >= 15 is 0 Å². The smallest absolute Gasteiger partial charge is 0.406 e. The molecule has 2 saturated carbocycles. The summed E-state index contributed by atoms with van der Waals surface area (Å²) < 4.78 is 40.6. The highest BCUT2D eigenvalue weighted by atomic mass is 19.4. The first-order valence-corrected chi connectivity index (χ1v) is 12.9. The molecule has 0 bridgehead atoms. The lowest BCUT2D eigenvalue weighted by molar-refractivity contribution is -0.274. The maximum absolute atomic E-state index is 12.2. The maximum Gasteiger partial charge on any atom is 0.573 e. The Bertz CT molecular complexity index is 663. The molecule has 32 heavy (non-hydrogen) atoms. The van der Waals surface area contributed by atoms with Crippen molar-refractivity contribution in [2.24, 2.45) is 23.7 Å². The molecule has 0 radical (unpaired) electrons. The van der Waals surface area contributed by atoms with Gasteiger partial charge in [0, 0.05) is 0 Å². The van der Waals surface area contributed by atoms with Crippen molar-refractivity contribution in [3.8, 4) is 5.75 Å². The number of benzene rings is 1. The predicted molar refractivity (Wildman–Crippen MR) is 126 cm³/mol. The van der Waals surface area contributed by atoms with Crippen LogP contribution in [-0.4, -0.2) is 6.36 Å². The predicted octanol–water partition coefficient (Wildman–Crippen LogP) is 9.27. The minimum Gasteiger partial charge on any atom is -0.406 e. The molecule has 1 aromatic rings. The van der Waals surface area contributed by atoms with Gasteiger partial charge >= 0.3 is 6.36 Å².